The first kappa shape index (κ1) is 193. The number of fused-ring (bicyclic) bond motifs is 3. The van der Waals surface area contributed by atoms with Crippen molar-refractivity contribution in [2.45, 2.75) is 43.1 Å². The molecule has 146 heavy (non-hydrogen) atoms. The van der Waals surface area contributed by atoms with Crippen LogP contribution in [0.15, 0.2) is 221 Å². The molecule has 0 bridgehead atoms. The van der Waals surface area contributed by atoms with Crippen molar-refractivity contribution in [2.24, 2.45) is 7.05 Å². The summed E-state index contributed by atoms with van der Waals surface area (Å²) in [6.45, 7) is 56.9. The van der Waals surface area contributed by atoms with E-state index >= 15 is 0 Å². The molecular weight excluding hydrogens is 3050 g/mol. The molecular formula is C79H101BrN28O32Re6-19. The Morgan fingerprint density at radius 3 is 0.808 bits per heavy atom. The van der Waals surface area contributed by atoms with Gasteiger partial charge in [-0.25, -0.2) is 44.5 Å². The quantitative estimate of drug-likeness (QED) is 0.0451. The van der Waals surface area contributed by atoms with Crippen LogP contribution in [0.3, 0.4) is 0 Å². The third-order valence-corrected chi connectivity index (χ3v) is 11.3. The number of para-hydroxylation sites is 2. The molecule has 14 aromatic rings. The Kier molecular flexibility index (Phi) is 241. The van der Waals surface area contributed by atoms with Crippen LogP contribution in [0.25, 0.3) is 50.2 Å². The number of nitrogen functional groups attached to an aromatic ring is 1. The van der Waals surface area contributed by atoms with Crippen LogP contribution in [0.2, 0.25) is 0 Å². The molecule has 0 spiro atoms. The maximum Gasteiger partial charge on any atom is 0.364 e. The first-order chi connectivity index (χ1) is 68.6. The second-order valence-electron chi connectivity index (χ2n) is 19.0. The normalized spacial score (nSPS) is 8.18. The fraction of sp³-hybridized carbons (Fsp3) is 0.139. The number of carboxylic acids is 5. The molecule has 5 atom stereocenters. The van der Waals surface area contributed by atoms with Crippen LogP contribution in [0.4, 0.5) is 5.95 Å². The zero-order chi connectivity index (χ0) is 114. The van der Waals surface area contributed by atoms with E-state index in [0.29, 0.717) is 17.6 Å². The number of hydrogen-bond donors (Lipinski definition) is 22. The van der Waals surface area contributed by atoms with E-state index < -0.39 is 79.9 Å². The average Bonchev–Trinajstić information content (AvgIpc) is 1.67. The molecule has 0 aliphatic heterocycles. The number of aliphatic carboxylic acids is 5. The molecule has 0 aliphatic carbocycles. The number of quaternary nitrogens is 2. The summed E-state index contributed by atoms with van der Waals surface area (Å²) >= 11 is 4.53. The third-order valence-electron chi connectivity index (χ3n) is 11.3. The first-order valence-electron chi connectivity index (χ1n) is 33.9. The number of carbonyl (C=O) groups excluding carboxylic acids is 18. The van der Waals surface area contributed by atoms with E-state index in [-0.39, 0.29) is 120 Å². The second kappa shape index (κ2) is 182. The van der Waals surface area contributed by atoms with Gasteiger partial charge < -0.3 is 206 Å². The number of H-pyrrole nitrogens is 11. The number of nitrogens with one attached hydrogen (secondary N) is 14. The van der Waals surface area contributed by atoms with Crippen molar-refractivity contribution in [1.82, 2.24) is 110 Å². The van der Waals surface area contributed by atoms with Crippen LogP contribution < -0.4 is 22.8 Å². The Hall–Kier alpha value is -15.1. The van der Waals surface area contributed by atoms with E-state index in [4.69, 9.17) is 150 Å². The molecule has 0 amide bonds. The number of aliphatic hydroxyl groups excluding tert-OH is 3. The zero-order valence-corrected chi connectivity index (χ0v) is 93.3. The minimum absolute atomic E-state index is 0. The van der Waals surface area contributed by atoms with E-state index in [1.165, 1.54) is 23.5 Å². The SMILES string of the molecule is Cn1cnc2nc(N)[nH]c(=O)c21.[Br][Re].[CH-]=O.[CH-]=O.[CH-]=O.[CH-]=O.[CH-]=O.[CH-]=O.[CH-]=O.[CH-]=O.[CH-]=O.[CH-]=O.[CH-]=O.[CH-]=O.[CH-]=O.[CH-]=O.[CH-]=O.[CH-]=O.[CH-]=O.[CH-]=O.[NH-]C(CO)C(=O)O.[NH-][C@@H](CO)C(=O)O.[NH-][C@@H](Cc1c[nH]c2ccccc12)C(=O)O.[NH3+][C@@H](CO)C(=O)O.[NH3+][C@@H](Cc1c[nH]c2ccccc12)C(=O)O.[Re].[Re].[Re].[Re].[Re].c1c[nH]cn1.c1c[nH]cn1.c1c[nH]cn1.c1c[nH]cn1.c1c[nH]cn1.c1c[nH]cn1.c1cn[nH]c1.c1cn[nH]c1. The molecule has 12 heterocycles. The second-order valence-corrected chi connectivity index (χ2v) is 19.0. The van der Waals surface area contributed by atoms with Gasteiger partial charge in [0.1, 0.15) is 6.61 Å². The minimum Gasteiger partial charge on any atom is -0.665 e. The topological polar surface area (TPSA) is 1030 Å². The van der Waals surface area contributed by atoms with Crippen molar-refractivity contribution >= 4 is 204 Å². The predicted octanol–water partition coefficient (Wildman–Crippen LogP) is -2.32. The largest absolute Gasteiger partial charge is 0.665 e. The molecule has 67 heteroatoms. The fourth-order valence-corrected chi connectivity index (χ4v) is 6.30. The number of halogens is 1. The van der Waals surface area contributed by atoms with Crippen molar-refractivity contribution in [1.29, 1.82) is 0 Å². The molecule has 5 radical (unpaired) electrons. The summed E-state index contributed by atoms with van der Waals surface area (Å²) in [4.78, 5) is 256. The summed E-state index contributed by atoms with van der Waals surface area (Å²) in [5, 5.41) is 79.5. The van der Waals surface area contributed by atoms with Gasteiger partial charge in [0.2, 0.25) is 12.0 Å². The summed E-state index contributed by atoms with van der Waals surface area (Å²) in [7, 11) is 1.72. The number of aromatic amines is 11. The molecule has 817 valence electrons. The third kappa shape index (κ3) is 137. The molecule has 1 unspecified atom stereocenters. The summed E-state index contributed by atoms with van der Waals surface area (Å²) in [5.41, 5.74) is 36.7. The van der Waals surface area contributed by atoms with Gasteiger partial charge in [0.05, 0.1) is 44.3 Å². The van der Waals surface area contributed by atoms with Crippen molar-refractivity contribution in [3.63, 3.8) is 0 Å². The van der Waals surface area contributed by atoms with Crippen LogP contribution in [0.5, 0.6) is 0 Å². The number of anilines is 1. The number of aryl methyl sites for hydroxylation is 1. The Balaban J connectivity index is -0.0000000492. The number of aromatic nitrogens is 22. The Morgan fingerprint density at radius 1 is 0.384 bits per heavy atom. The van der Waals surface area contributed by atoms with E-state index in [1.807, 2.05) is 66.9 Å². The first-order valence-corrected chi connectivity index (χ1v) is 39.9. The van der Waals surface area contributed by atoms with Crippen molar-refractivity contribution in [3.05, 3.63) is 255 Å². The van der Waals surface area contributed by atoms with Crippen molar-refractivity contribution < 1.29 is 282 Å². The number of benzene rings is 2. The average molecular weight is 3150 g/mol. The Morgan fingerprint density at radius 2 is 0.637 bits per heavy atom. The predicted molar refractivity (Wildman–Crippen MR) is 504 cm³/mol. The van der Waals surface area contributed by atoms with Crippen molar-refractivity contribution in [2.75, 3.05) is 25.6 Å². The van der Waals surface area contributed by atoms with Crippen LogP contribution in [-0.2, 0) is 249 Å². The molecule has 60 nitrogen and oxygen atoms in total. The smallest absolute Gasteiger partial charge is 0.364 e. The number of nitrogens with two attached hydrogens (primary N) is 1. The standard InChI is InChI=1S/C11H12N2O2.C11H11N2O2.C6H7N5O.8C3H4N2.C3H7NO3.2C3H6NO3.18CHO.BrH.6Re/c2*12-9(11(14)15)5-7-6-13-10-4-2-1-3-8(7)10;1-11-2-8-4-3(11)5(12)10-6(7)9-4;6*1-2-5-3-4-1;2*1-2-4-5-3-1;3*4-2(1-5)3(6)7;18*1-2;;;;;;;/h1-4,6,9,13H,5,12H2,(H,14,15);1-4,6,9,12-13H,5H2,(H,14,15);2H,1H3,(H3,7,9,10,12);8*1-3H,(H,4,5);2,5H,1,4H2,(H,6,7);2*2,4-5H,1H2,(H,6,7);18*1H;1H;;;;;;/q;-1;;;;;;;;;;;20*-1;;;;;;;+1/p+1/t2*9-;;;;;;;;;;2*2-;;;;;;;;;;;;;;;;;;;;;;;;;;/m00.........00........................../s1. The number of carbonyl (C=O) groups is 5. The number of imidazole rings is 7. The zero-order valence-electron chi connectivity index (χ0n) is 75.5. The van der Waals surface area contributed by atoms with E-state index in [0.717, 1.165) is 32.9 Å². The minimum atomic E-state index is -1.38. The maximum absolute atomic E-state index is 11.2. The molecule has 0 aliphatic rings. The maximum atomic E-state index is 11.2. The summed E-state index contributed by atoms with van der Waals surface area (Å²) < 4.78 is 1.60. The van der Waals surface area contributed by atoms with E-state index in [9.17, 15) is 28.8 Å². The number of carboxylic acid groups (broad SMARTS) is 5. The molecule has 30 N–H and O–H groups in total. The number of nitrogens with zero attached hydrogens (tertiary/aromatic N) is 11. The molecule has 0 fully saturated rings. The Bertz CT molecular complexity index is 4020. The van der Waals surface area contributed by atoms with Crippen LogP contribution in [-0.4, -0.2) is 353 Å². The van der Waals surface area contributed by atoms with Gasteiger partial charge in [-0.2, -0.15) is 15.2 Å². The van der Waals surface area contributed by atoms with Crippen LogP contribution >= 0.6 is 13.4 Å². The molecule has 0 saturated heterocycles. The van der Waals surface area contributed by atoms with Gasteiger partial charge in [0, 0.05) is 262 Å². The molecule has 12 aromatic heterocycles. The fourth-order valence-electron chi connectivity index (χ4n) is 6.30. The van der Waals surface area contributed by atoms with Gasteiger partial charge >= 0.3 is 42.6 Å². The number of rotatable bonds is 12. The van der Waals surface area contributed by atoms with E-state index in [1.54, 1.807) is 155 Å². The van der Waals surface area contributed by atoms with Gasteiger partial charge in [-0.3, -0.25) is 157 Å². The summed E-state index contributed by atoms with van der Waals surface area (Å²) in [5.74, 6) is -5.50. The van der Waals surface area contributed by atoms with Gasteiger partial charge in [0.15, 0.2) is 17.2 Å². The summed E-state index contributed by atoms with van der Waals surface area (Å²) in [6, 6.07) is 13.9. The Labute approximate surface area is 919 Å². The van der Waals surface area contributed by atoms with Crippen molar-refractivity contribution in [3.8, 4) is 0 Å². The van der Waals surface area contributed by atoms with Gasteiger partial charge in [-0.15, -0.1) is 0 Å². The van der Waals surface area contributed by atoms with Crippen LogP contribution in [0.1, 0.15) is 11.1 Å². The van der Waals surface area contributed by atoms with Gasteiger partial charge in [-0.05, 0) is 59.9 Å². The number of aliphatic hydroxyl groups is 3. The monoisotopic (exact) mass is 3150 g/mol. The number of hydrogen-bond acceptors (Lipinski definition) is 38. The molecule has 0 saturated carbocycles. The van der Waals surface area contributed by atoms with Gasteiger partial charge in [0.25, 0.3) is 23.5 Å². The van der Waals surface area contributed by atoms with Crippen LogP contribution in [0, 0.1) is 0 Å². The van der Waals surface area contributed by atoms with E-state index in [2.05, 4.69) is 252 Å². The summed E-state index contributed by atoms with van der Waals surface area (Å²) in [6.07, 6.45) is 43.3. The van der Waals surface area contributed by atoms with Gasteiger partial charge in [-0.1, -0.05) is 36.4 Å². The molecule has 2 aromatic carbocycles. The molecule has 14 rings (SSSR count).